The topological polar surface area (TPSA) is 138 Å². The van der Waals surface area contributed by atoms with Crippen LogP contribution in [0.1, 0.15) is 29.7 Å². The molecular weight excluding hydrogens is 304 g/mol. The van der Waals surface area contributed by atoms with Crippen molar-refractivity contribution in [3.63, 3.8) is 0 Å². The van der Waals surface area contributed by atoms with Gasteiger partial charge in [0.2, 0.25) is 5.89 Å². The second kappa shape index (κ2) is 7.78. The van der Waals surface area contributed by atoms with Crippen LogP contribution >= 0.6 is 0 Å². The van der Waals surface area contributed by atoms with E-state index in [0.29, 0.717) is 12.2 Å². The highest BCUT2D eigenvalue weighted by Crippen LogP contribution is 2.15. The molecule has 2 aromatic rings. The Hall–Kier alpha value is -3.10. The fraction of sp³-hybridized carbons (Fsp3) is 0.286. The van der Waals surface area contributed by atoms with E-state index in [1.165, 1.54) is 0 Å². The molecule has 0 aliphatic carbocycles. The van der Waals surface area contributed by atoms with Gasteiger partial charge in [0.05, 0.1) is 0 Å². The molecule has 9 heteroatoms. The largest absolute Gasteiger partial charge is 0.465 e. The quantitative estimate of drug-likeness (QED) is 0.608. The second-order valence-corrected chi connectivity index (χ2v) is 4.73. The third-order valence-electron chi connectivity index (χ3n) is 2.99. The first-order chi connectivity index (χ1) is 11.0. The Morgan fingerprint density at radius 1 is 1.17 bits per heavy atom. The maximum Gasteiger partial charge on any atom is 0.405 e. The van der Waals surface area contributed by atoms with Crippen LogP contribution < -0.4 is 10.6 Å². The Kier molecular flexibility index (Phi) is 5.50. The average molecular weight is 320 g/mol. The van der Waals surface area contributed by atoms with Crippen molar-refractivity contribution in [1.29, 1.82) is 0 Å². The molecule has 9 nitrogen and oxygen atoms in total. The van der Waals surface area contributed by atoms with Crippen LogP contribution in [0.15, 0.2) is 34.9 Å². The van der Waals surface area contributed by atoms with Gasteiger partial charge in [0.25, 0.3) is 0 Å². The number of aromatic nitrogens is 2. The average Bonchev–Trinajstić information content (AvgIpc) is 2.95. The van der Waals surface area contributed by atoms with Crippen molar-refractivity contribution in [2.75, 3.05) is 6.54 Å². The van der Waals surface area contributed by atoms with E-state index >= 15 is 0 Å². The van der Waals surface area contributed by atoms with E-state index in [1.807, 2.05) is 30.3 Å². The molecule has 1 aromatic heterocycles. The van der Waals surface area contributed by atoms with Crippen molar-refractivity contribution in [2.24, 2.45) is 0 Å². The van der Waals surface area contributed by atoms with Crippen LogP contribution in [0.5, 0.6) is 0 Å². The molecule has 0 saturated heterocycles. The standard InChI is InChI=1S/C14H16N4O5/c19-13(20)15-7-6-10(16-14(21)22)12-17-11(18-23-12)8-9-4-2-1-3-5-9/h1-5,10,15-16H,6-8H2,(H,19,20)(H,21,22)/t10-/m0/s1. The molecule has 0 bridgehead atoms. The monoisotopic (exact) mass is 320 g/mol. The van der Waals surface area contributed by atoms with Gasteiger partial charge in [-0.2, -0.15) is 4.98 Å². The van der Waals surface area contributed by atoms with E-state index in [-0.39, 0.29) is 18.9 Å². The number of benzene rings is 1. The van der Waals surface area contributed by atoms with Crippen molar-refractivity contribution in [3.05, 3.63) is 47.6 Å². The van der Waals surface area contributed by atoms with E-state index in [9.17, 15) is 9.59 Å². The SMILES string of the molecule is O=C(O)NCC[C@H](NC(=O)O)c1nc(Cc2ccccc2)no1. The van der Waals surface area contributed by atoms with Crippen molar-refractivity contribution in [1.82, 2.24) is 20.8 Å². The van der Waals surface area contributed by atoms with E-state index in [1.54, 1.807) is 0 Å². The van der Waals surface area contributed by atoms with Gasteiger partial charge in [-0.05, 0) is 12.0 Å². The Morgan fingerprint density at radius 3 is 2.57 bits per heavy atom. The Bertz CT molecular complexity index is 658. The summed E-state index contributed by atoms with van der Waals surface area (Å²) in [6, 6.07) is 8.73. The lowest BCUT2D eigenvalue weighted by atomic mass is 10.1. The lowest BCUT2D eigenvalue weighted by molar-refractivity contribution is 0.184. The number of hydrogen-bond acceptors (Lipinski definition) is 5. The summed E-state index contributed by atoms with van der Waals surface area (Å²) in [5.74, 6) is 0.528. The minimum absolute atomic E-state index is 0.0523. The maximum absolute atomic E-state index is 10.8. The van der Waals surface area contributed by atoms with E-state index in [2.05, 4.69) is 20.8 Å². The summed E-state index contributed by atoms with van der Waals surface area (Å²) >= 11 is 0. The second-order valence-electron chi connectivity index (χ2n) is 4.73. The molecule has 2 amide bonds. The molecule has 0 spiro atoms. The highest BCUT2D eigenvalue weighted by molar-refractivity contribution is 5.65. The summed E-state index contributed by atoms with van der Waals surface area (Å²) in [7, 11) is 0. The Morgan fingerprint density at radius 2 is 1.91 bits per heavy atom. The van der Waals surface area contributed by atoms with Crippen molar-refractivity contribution in [3.8, 4) is 0 Å². The fourth-order valence-corrected chi connectivity index (χ4v) is 1.99. The van der Waals surface area contributed by atoms with E-state index < -0.39 is 18.2 Å². The normalized spacial score (nSPS) is 11.7. The highest BCUT2D eigenvalue weighted by Gasteiger charge is 2.21. The first-order valence-electron chi connectivity index (χ1n) is 6.87. The zero-order chi connectivity index (χ0) is 16.7. The van der Waals surface area contributed by atoms with Crippen LogP contribution in [0.25, 0.3) is 0 Å². The number of nitrogens with one attached hydrogen (secondary N) is 2. The number of carboxylic acid groups (broad SMARTS) is 2. The number of amides is 2. The van der Waals surface area contributed by atoms with Crippen LogP contribution in [-0.2, 0) is 6.42 Å². The van der Waals surface area contributed by atoms with Crippen LogP contribution in [0, 0.1) is 0 Å². The predicted molar refractivity (Wildman–Crippen MR) is 78.1 cm³/mol. The minimum atomic E-state index is -1.26. The van der Waals surface area contributed by atoms with Gasteiger partial charge in [0.15, 0.2) is 5.82 Å². The minimum Gasteiger partial charge on any atom is -0.465 e. The Labute approximate surface area is 131 Å². The molecule has 122 valence electrons. The van der Waals surface area contributed by atoms with Crippen molar-refractivity contribution in [2.45, 2.75) is 18.9 Å². The lowest BCUT2D eigenvalue weighted by Gasteiger charge is -2.12. The van der Waals surface area contributed by atoms with Gasteiger partial charge in [-0.25, -0.2) is 9.59 Å². The molecule has 23 heavy (non-hydrogen) atoms. The molecule has 0 unspecified atom stereocenters. The summed E-state index contributed by atoms with van der Waals surface area (Å²) in [5, 5.41) is 25.6. The molecule has 0 saturated carbocycles. The summed E-state index contributed by atoms with van der Waals surface area (Å²) in [6.45, 7) is 0.0523. The van der Waals surface area contributed by atoms with E-state index in [4.69, 9.17) is 14.7 Å². The molecule has 0 fully saturated rings. The molecule has 4 N–H and O–H groups in total. The van der Waals surface area contributed by atoms with Gasteiger partial charge in [0, 0.05) is 13.0 Å². The third kappa shape index (κ3) is 5.30. The van der Waals surface area contributed by atoms with Crippen LogP contribution in [0.2, 0.25) is 0 Å². The molecular formula is C14H16N4O5. The predicted octanol–water partition coefficient (Wildman–Crippen LogP) is 1.63. The first kappa shape index (κ1) is 16.3. The molecule has 1 aromatic carbocycles. The maximum atomic E-state index is 10.8. The fourth-order valence-electron chi connectivity index (χ4n) is 1.99. The van der Waals surface area contributed by atoms with Gasteiger partial charge >= 0.3 is 12.2 Å². The molecule has 1 atom stereocenters. The van der Waals surface area contributed by atoms with Crippen LogP contribution in [0.3, 0.4) is 0 Å². The molecule has 0 aliphatic rings. The number of carbonyl (C=O) groups is 2. The van der Waals surface area contributed by atoms with Gasteiger partial charge in [-0.15, -0.1) is 0 Å². The summed E-state index contributed by atoms with van der Waals surface area (Å²) in [4.78, 5) is 25.5. The van der Waals surface area contributed by atoms with Crippen molar-refractivity contribution < 1.29 is 24.3 Å². The molecule has 0 aliphatic heterocycles. The van der Waals surface area contributed by atoms with Gasteiger partial charge in [-0.1, -0.05) is 35.5 Å². The summed E-state index contributed by atoms with van der Waals surface area (Å²) < 4.78 is 5.10. The number of rotatable bonds is 7. The van der Waals surface area contributed by atoms with E-state index in [0.717, 1.165) is 5.56 Å². The van der Waals surface area contributed by atoms with Gasteiger partial charge in [-0.3, -0.25) is 0 Å². The zero-order valence-electron chi connectivity index (χ0n) is 12.1. The first-order valence-corrected chi connectivity index (χ1v) is 6.87. The lowest BCUT2D eigenvalue weighted by Crippen LogP contribution is -2.31. The molecule has 1 heterocycles. The van der Waals surface area contributed by atoms with Crippen LogP contribution in [0.4, 0.5) is 9.59 Å². The van der Waals surface area contributed by atoms with Gasteiger partial charge < -0.3 is 25.4 Å². The highest BCUT2D eigenvalue weighted by atomic mass is 16.5. The van der Waals surface area contributed by atoms with Crippen molar-refractivity contribution >= 4 is 12.2 Å². The summed E-state index contributed by atoms with van der Waals surface area (Å²) in [6.07, 6.45) is -1.83. The third-order valence-corrected chi connectivity index (χ3v) is 2.99. The number of hydrogen-bond donors (Lipinski definition) is 4. The van der Waals surface area contributed by atoms with Crippen LogP contribution in [-0.4, -0.2) is 39.1 Å². The Balaban J connectivity index is 2.03. The van der Waals surface area contributed by atoms with Gasteiger partial charge in [0.1, 0.15) is 6.04 Å². The zero-order valence-corrected chi connectivity index (χ0v) is 12.1. The molecule has 2 rings (SSSR count). The summed E-state index contributed by atoms with van der Waals surface area (Å²) in [5.41, 5.74) is 0.995. The molecule has 0 radical (unpaired) electrons. The smallest absolute Gasteiger partial charge is 0.405 e. The number of nitrogens with zero attached hydrogens (tertiary/aromatic N) is 2.